The van der Waals surface area contributed by atoms with E-state index in [0.29, 0.717) is 0 Å². The first-order chi connectivity index (χ1) is 8.80. The molecule has 19 heavy (non-hydrogen) atoms. The Kier molecular flexibility index (Phi) is 4.00. The van der Waals surface area contributed by atoms with E-state index in [4.69, 9.17) is 9.47 Å². The summed E-state index contributed by atoms with van der Waals surface area (Å²) < 4.78 is 11.8. The minimum atomic E-state index is -1.22. The van der Waals surface area contributed by atoms with E-state index in [1.807, 2.05) is 18.2 Å². The lowest BCUT2D eigenvalue weighted by Crippen LogP contribution is -2.41. The Hall–Kier alpha value is -0.890. The molecule has 1 aromatic carbocycles. The summed E-state index contributed by atoms with van der Waals surface area (Å²) in [4.78, 5) is 23.7. The van der Waals surface area contributed by atoms with Crippen molar-refractivity contribution in [3.63, 3.8) is 0 Å². The van der Waals surface area contributed by atoms with Gasteiger partial charge in [0.15, 0.2) is 0 Å². The van der Waals surface area contributed by atoms with Gasteiger partial charge in [0.1, 0.15) is 5.57 Å². The smallest absolute Gasteiger partial charge is 0.348 e. The number of cyclic esters (lactones) is 2. The van der Waals surface area contributed by atoms with Gasteiger partial charge >= 0.3 is 11.9 Å². The van der Waals surface area contributed by atoms with Gasteiger partial charge in [-0.15, -0.1) is 0 Å². The summed E-state index contributed by atoms with van der Waals surface area (Å²) in [5.41, 5.74) is 0.635. The molecule has 0 bridgehead atoms. The van der Waals surface area contributed by atoms with Crippen molar-refractivity contribution in [3.8, 4) is 0 Å². The molecule has 0 aliphatic carbocycles. The highest BCUT2D eigenvalue weighted by molar-refractivity contribution is 14.1. The van der Waals surface area contributed by atoms with E-state index < -0.39 is 17.7 Å². The first-order valence-corrected chi connectivity index (χ1v) is 7.30. The average molecular weight is 437 g/mol. The SMILES string of the molecule is CC1(C)OC(=O)C(=Cc2c(Br)cccc2I)C(=O)O1. The van der Waals surface area contributed by atoms with Crippen molar-refractivity contribution < 1.29 is 19.1 Å². The molecule has 0 aromatic heterocycles. The molecule has 0 spiro atoms. The summed E-state index contributed by atoms with van der Waals surface area (Å²) in [5, 5.41) is 0. The van der Waals surface area contributed by atoms with Gasteiger partial charge in [0.2, 0.25) is 0 Å². The van der Waals surface area contributed by atoms with Crippen LogP contribution in [0.25, 0.3) is 6.08 Å². The highest BCUT2D eigenvalue weighted by Gasteiger charge is 2.39. The van der Waals surface area contributed by atoms with Gasteiger partial charge in [-0.05, 0) is 40.8 Å². The van der Waals surface area contributed by atoms with Gasteiger partial charge in [-0.1, -0.05) is 22.0 Å². The van der Waals surface area contributed by atoms with Gasteiger partial charge in [-0.2, -0.15) is 0 Å². The zero-order chi connectivity index (χ0) is 14.2. The molecular formula is C13H10BrIO4. The van der Waals surface area contributed by atoms with Crippen LogP contribution in [0, 0.1) is 3.57 Å². The normalized spacial score (nSPS) is 17.8. The fourth-order valence-corrected chi connectivity index (χ4v) is 3.08. The molecule has 0 amide bonds. The summed E-state index contributed by atoms with van der Waals surface area (Å²) in [7, 11) is 0. The van der Waals surface area contributed by atoms with Crippen LogP contribution in [0.1, 0.15) is 19.4 Å². The van der Waals surface area contributed by atoms with Crippen LogP contribution in [0.3, 0.4) is 0 Å². The maximum absolute atomic E-state index is 11.8. The van der Waals surface area contributed by atoms with Crippen molar-refractivity contribution in [2.45, 2.75) is 19.6 Å². The lowest BCUT2D eigenvalue weighted by atomic mass is 10.1. The summed E-state index contributed by atoms with van der Waals surface area (Å²) in [6.07, 6.45) is 1.48. The van der Waals surface area contributed by atoms with Crippen LogP contribution in [-0.4, -0.2) is 17.7 Å². The molecule has 0 saturated carbocycles. The molecule has 6 heteroatoms. The number of carbonyl (C=O) groups is 2. The molecule has 100 valence electrons. The molecule has 4 nitrogen and oxygen atoms in total. The summed E-state index contributed by atoms with van der Waals surface area (Å²) in [5.74, 6) is -2.56. The highest BCUT2D eigenvalue weighted by atomic mass is 127. The Morgan fingerprint density at radius 3 is 2.32 bits per heavy atom. The standard InChI is InChI=1S/C13H10BrIO4/c1-13(2)18-11(16)8(12(17)19-13)6-7-9(14)4-3-5-10(7)15/h3-6H,1-2H3. The van der Waals surface area contributed by atoms with Crippen LogP contribution in [0.4, 0.5) is 0 Å². The van der Waals surface area contributed by atoms with Crippen LogP contribution in [0.2, 0.25) is 0 Å². The van der Waals surface area contributed by atoms with Gasteiger partial charge in [0, 0.05) is 27.5 Å². The van der Waals surface area contributed by atoms with Crippen LogP contribution < -0.4 is 0 Å². The highest BCUT2D eigenvalue weighted by Crippen LogP contribution is 2.28. The molecule has 1 saturated heterocycles. The molecule has 0 N–H and O–H groups in total. The van der Waals surface area contributed by atoms with Crippen LogP contribution >= 0.6 is 38.5 Å². The second-order valence-corrected chi connectivity index (χ2v) is 6.39. The second kappa shape index (κ2) is 5.24. The zero-order valence-electron chi connectivity index (χ0n) is 10.2. The molecular weight excluding hydrogens is 427 g/mol. The Morgan fingerprint density at radius 1 is 1.21 bits per heavy atom. The fraction of sp³-hybridized carbons (Fsp3) is 0.231. The third-order valence-corrected chi connectivity index (χ3v) is 4.04. The lowest BCUT2D eigenvalue weighted by Gasteiger charge is -2.29. The minimum absolute atomic E-state index is 0.107. The third kappa shape index (κ3) is 3.17. The molecule has 1 heterocycles. The van der Waals surface area contributed by atoms with Gasteiger partial charge in [-0.3, -0.25) is 0 Å². The molecule has 0 unspecified atom stereocenters. The Bertz CT molecular complexity index is 550. The van der Waals surface area contributed by atoms with Crippen molar-refractivity contribution in [1.29, 1.82) is 0 Å². The van der Waals surface area contributed by atoms with Crippen molar-refractivity contribution in [2.75, 3.05) is 0 Å². The number of halogens is 2. The van der Waals surface area contributed by atoms with Crippen molar-refractivity contribution in [1.82, 2.24) is 0 Å². The molecule has 1 aliphatic rings. The quantitative estimate of drug-likeness (QED) is 0.293. The van der Waals surface area contributed by atoms with E-state index in [1.165, 1.54) is 19.9 Å². The van der Waals surface area contributed by atoms with Gasteiger partial charge in [0.25, 0.3) is 5.79 Å². The topological polar surface area (TPSA) is 52.6 Å². The monoisotopic (exact) mass is 436 g/mol. The van der Waals surface area contributed by atoms with E-state index in [1.54, 1.807) is 0 Å². The summed E-state index contributed by atoms with van der Waals surface area (Å²) >= 11 is 5.51. The number of esters is 2. The molecule has 0 atom stereocenters. The van der Waals surface area contributed by atoms with E-state index in [9.17, 15) is 9.59 Å². The summed E-state index contributed by atoms with van der Waals surface area (Å²) in [6, 6.07) is 5.58. The molecule has 1 aromatic rings. The van der Waals surface area contributed by atoms with Crippen molar-refractivity contribution in [2.24, 2.45) is 0 Å². The van der Waals surface area contributed by atoms with E-state index >= 15 is 0 Å². The molecule has 1 aliphatic heterocycles. The van der Waals surface area contributed by atoms with Crippen LogP contribution in [-0.2, 0) is 19.1 Å². The van der Waals surface area contributed by atoms with Gasteiger partial charge in [0.05, 0.1) is 0 Å². The van der Waals surface area contributed by atoms with Crippen LogP contribution in [0.5, 0.6) is 0 Å². The number of ether oxygens (including phenoxy) is 2. The van der Waals surface area contributed by atoms with Crippen molar-refractivity contribution >= 4 is 56.5 Å². The fourth-order valence-electron chi connectivity index (χ4n) is 1.57. The van der Waals surface area contributed by atoms with Crippen molar-refractivity contribution in [3.05, 3.63) is 37.4 Å². The van der Waals surface area contributed by atoms with Crippen LogP contribution in [0.15, 0.2) is 28.2 Å². The number of hydrogen-bond donors (Lipinski definition) is 0. The predicted molar refractivity (Wildman–Crippen MR) is 81.1 cm³/mol. The predicted octanol–water partition coefficient (Wildman–Crippen LogP) is 3.27. The minimum Gasteiger partial charge on any atom is -0.419 e. The van der Waals surface area contributed by atoms with E-state index in [-0.39, 0.29) is 5.57 Å². The largest absolute Gasteiger partial charge is 0.419 e. The number of benzene rings is 1. The Labute approximate surface area is 132 Å². The molecule has 1 fully saturated rings. The first kappa shape index (κ1) is 14.5. The van der Waals surface area contributed by atoms with Gasteiger partial charge < -0.3 is 9.47 Å². The summed E-state index contributed by atoms with van der Waals surface area (Å²) in [6.45, 7) is 3.03. The number of hydrogen-bond acceptors (Lipinski definition) is 4. The average Bonchev–Trinajstić information content (AvgIpc) is 2.25. The Balaban J connectivity index is 2.44. The maximum Gasteiger partial charge on any atom is 0.348 e. The lowest BCUT2D eigenvalue weighted by molar-refractivity contribution is -0.222. The van der Waals surface area contributed by atoms with E-state index in [0.717, 1.165) is 13.6 Å². The molecule has 2 rings (SSSR count). The zero-order valence-corrected chi connectivity index (χ0v) is 13.9. The second-order valence-electron chi connectivity index (χ2n) is 4.37. The Morgan fingerprint density at radius 2 is 1.79 bits per heavy atom. The first-order valence-electron chi connectivity index (χ1n) is 5.42. The maximum atomic E-state index is 11.8. The van der Waals surface area contributed by atoms with Gasteiger partial charge in [-0.25, -0.2) is 9.59 Å². The molecule has 0 radical (unpaired) electrons. The number of rotatable bonds is 1. The number of carbonyl (C=O) groups excluding carboxylic acids is 2. The van der Waals surface area contributed by atoms with E-state index in [2.05, 4.69) is 38.5 Å². The third-order valence-electron chi connectivity index (χ3n) is 2.41.